The lowest BCUT2D eigenvalue weighted by Gasteiger charge is -2.14. The number of benzene rings is 9. The summed E-state index contributed by atoms with van der Waals surface area (Å²) in [5, 5.41) is 11.6. The van der Waals surface area contributed by atoms with Gasteiger partial charge in [-0.05, 0) is 72.9 Å². The van der Waals surface area contributed by atoms with Crippen LogP contribution in [-0.4, -0.2) is 15.0 Å². The van der Waals surface area contributed by atoms with Crippen LogP contribution in [0.2, 0.25) is 0 Å². The smallest absolute Gasteiger partial charge is 0.164 e. The summed E-state index contributed by atoms with van der Waals surface area (Å²) in [6.45, 7) is 0. The zero-order chi connectivity index (χ0) is 34.9. The summed E-state index contributed by atoms with van der Waals surface area (Å²) in [5.41, 5.74) is 6.53. The molecule has 0 N–H and O–H groups in total. The Bertz CT molecular complexity index is 3240. The van der Waals surface area contributed by atoms with Crippen LogP contribution in [0.25, 0.3) is 110 Å². The number of rotatable bonds is 4. The number of hydrogen-bond donors (Lipinski definition) is 0. The summed E-state index contributed by atoms with van der Waals surface area (Å²) < 4.78 is 6.84. The van der Waals surface area contributed by atoms with Gasteiger partial charge in [-0.1, -0.05) is 152 Å². The van der Waals surface area contributed by atoms with Crippen LogP contribution >= 0.6 is 0 Å². The van der Waals surface area contributed by atoms with Crippen molar-refractivity contribution in [1.29, 1.82) is 0 Å². The third-order valence-electron chi connectivity index (χ3n) is 10.5. The van der Waals surface area contributed by atoms with Crippen molar-refractivity contribution < 1.29 is 4.42 Å². The first kappa shape index (κ1) is 29.5. The summed E-state index contributed by atoms with van der Waals surface area (Å²) in [6.07, 6.45) is 0. The second-order valence-corrected chi connectivity index (χ2v) is 13.5. The Kier molecular flexibility index (Phi) is 6.52. The highest BCUT2D eigenvalue weighted by molar-refractivity contribution is 6.23. The van der Waals surface area contributed by atoms with E-state index in [-0.39, 0.29) is 0 Å². The number of para-hydroxylation sites is 1. The molecule has 4 heteroatoms. The molecule has 9 aromatic carbocycles. The van der Waals surface area contributed by atoms with Crippen molar-refractivity contribution in [3.8, 4) is 45.3 Å². The molecule has 53 heavy (non-hydrogen) atoms. The lowest BCUT2D eigenvalue weighted by molar-refractivity contribution is 0.670. The molecule has 0 amide bonds. The summed E-state index contributed by atoms with van der Waals surface area (Å²) in [4.78, 5) is 15.4. The van der Waals surface area contributed by atoms with Crippen molar-refractivity contribution in [3.63, 3.8) is 0 Å². The average Bonchev–Trinajstić information content (AvgIpc) is 3.63. The number of aromatic nitrogens is 3. The van der Waals surface area contributed by atoms with E-state index in [1.807, 2.05) is 42.5 Å². The molecule has 11 aromatic rings. The van der Waals surface area contributed by atoms with Crippen molar-refractivity contribution in [2.75, 3.05) is 0 Å². The Morgan fingerprint density at radius 2 is 0.962 bits per heavy atom. The standard InChI is InChI=1S/C49H29N3O/c1-2-13-33(14-3-1)47-50-48(35-22-21-30-11-4-5-15-34(30)29-35)52-49(51-47)42-28-27-40(46-45(42)41-18-8-9-20-43(41)53-46)38-19-10-16-32-24-25-37-36-17-7-6-12-31(36)23-26-39(37)44(32)38/h1-29H. The first-order chi connectivity index (χ1) is 26.3. The topological polar surface area (TPSA) is 51.8 Å². The van der Waals surface area contributed by atoms with Crippen molar-refractivity contribution in [2.45, 2.75) is 0 Å². The second kappa shape index (κ2) is 11.7. The second-order valence-electron chi connectivity index (χ2n) is 13.5. The van der Waals surface area contributed by atoms with E-state index in [0.29, 0.717) is 17.5 Å². The molecule has 11 rings (SSSR count). The van der Waals surface area contributed by atoms with E-state index < -0.39 is 0 Å². The minimum Gasteiger partial charge on any atom is -0.455 e. The van der Waals surface area contributed by atoms with Crippen LogP contribution in [-0.2, 0) is 0 Å². The highest BCUT2D eigenvalue weighted by atomic mass is 16.3. The highest BCUT2D eigenvalue weighted by Gasteiger charge is 2.22. The van der Waals surface area contributed by atoms with E-state index in [1.165, 1.54) is 37.7 Å². The highest BCUT2D eigenvalue weighted by Crippen LogP contribution is 2.45. The lowest BCUT2D eigenvalue weighted by atomic mass is 9.90. The van der Waals surface area contributed by atoms with Gasteiger partial charge < -0.3 is 4.42 Å². The van der Waals surface area contributed by atoms with Crippen molar-refractivity contribution in [2.24, 2.45) is 0 Å². The van der Waals surface area contributed by atoms with E-state index in [1.54, 1.807) is 0 Å². The third kappa shape index (κ3) is 4.73. The Balaban J connectivity index is 1.19. The van der Waals surface area contributed by atoms with Gasteiger partial charge in [0.15, 0.2) is 17.5 Å². The number of hydrogen-bond acceptors (Lipinski definition) is 4. The Hall–Kier alpha value is -7.17. The fraction of sp³-hybridized carbons (Fsp3) is 0. The molecule has 0 atom stereocenters. The zero-order valence-corrected chi connectivity index (χ0v) is 28.5. The molecule has 0 radical (unpaired) electrons. The van der Waals surface area contributed by atoms with E-state index >= 15 is 0 Å². The van der Waals surface area contributed by atoms with Crippen LogP contribution in [0, 0.1) is 0 Å². The summed E-state index contributed by atoms with van der Waals surface area (Å²) in [5.74, 6) is 1.84. The zero-order valence-electron chi connectivity index (χ0n) is 28.5. The maximum Gasteiger partial charge on any atom is 0.164 e. The molecule has 0 aliphatic carbocycles. The van der Waals surface area contributed by atoms with E-state index in [9.17, 15) is 0 Å². The molecule has 0 saturated heterocycles. The van der Waals surface area contributed by atoms with Crippen molar-refractivity contribution in [1.82, 2.24) is 15.0 Å². The monoisotopic (exact) mass is 675 g/mol. The minimum atomic E-state index is 0.597. The Morgan fingerprint density at radius 1 is 0.321 bits per heavy atom. The molecule has 0 aliphatic rings. The van der Waals surface area contributed by atoms with E-state index in [0.717, 1.165) is 55.1 Å². The van der Waals surface area contributed by atoms with Gasteiger partial charge in [-0.2, -0.15) is 0 Å². The first-order valence-corrected chi connectivity index (χ1v) is 17.9. The normalized spacial score (nSPS) is 11.8. The van der Waals surface area contributed by atoms with Gasteiger partial charge in [-0.15, -0.1) is 0 Å². The van der Waals surface area contributed by atoms with Gasteiger partial charge in [0.05, 0.1) is 0 Å². The molecule has 0 bridgehead atoms. The van der Waals surface area contributed by atoms with E-state index in [2.05, 4.69) is 133 Å². The van der Waals surface area contributed by atoms with Gasteiger partial charge in [-0.3, -0.25) is 0 Å². The maximum atomic E-state index is 6.84. The van der Waals surface area contributed by atoms with Crippen molar-refractivity contribution >= 4 is 65.0 Å². The van der Waals surface area contributed by atoms with Crippen LogP contribution in [0.4, 0.5) is 0 Å². The Morgan fingerprint density at radius 3 is 1.85 bits per heavy atom. The molecular formula is C49H29N3O. The van der Waals surface area contributed by atoms with Gasteiger partial charge >= 0.3 is 0 Å². The van der Waals surface area contributed by atoms with Crippen molar-refractivity contribution in [3.05, 3.63) is 176 Å². The number of nitrogens with zero attached hydrogens (tertiary/aromatic N) is 3. The van der Waals surface area contributed by atoms with Gasteiger partial charge in [0, 0.05) is 33.0 Å². The van der Waals surface area contributed by atoms with Gasteiger partial charge in [0.25, 0.3) is 0 Å². The average molecular weight is 676 g/mol. The number of furan rings is 1. The largest absolute Gasteiger partial charge is 0.455 e. The SMILES string of the molecule is c1ccc(-c2nc(-c3ccc4ccccc4c3)nc(-c3ccc(-c4cccc5ccc6c7ccccc7ccc6c45)c4oc5ccccc5c34)n2)cc1. The molecule has 2 aromatic heterocycles. The van der Waals surface area contributed by atoms with Crippen LogP contribution in [0.1, 0.15) is 0 Å². The summed E-state index contributed by atoms with van der Waals surface area (Å²) >= 11 is 0. The summed E-state index contributed by atoms with van der Waals surface area (Å²) in [6, 6.07) is 61.6. The molecule has 0 unspecified atom stereocenters. The third-order valence-corrected chi connectivity index (χ3v) is 10.5. The minimum absolute atomic E-state index is 0.597. The lowest BCUT2D eigenvalue weighted by Crippen LogP contribution is -2.00. The molecule has 0 spiro atoms. The van der Waals surface area contributed by atoms with Crippen LogP contribution in [0.5, 0.6) is 0 Å². The van der Waals surface area contributed by atoms with E-state index in [4.69, 9.17) is 19.4 Å². The molecule has 0 fully saturated rings. The molecule has 0 aliphatic heterocycles. The fourth-order valence-corrected chi connectivity index (χ4v) is 8.00. The molecule has 246 valence electrons. The maximum absolute atomic E-state index is 6.84. The van der Waals surface area contributed by atoms with Crippen LogP contribution < -0.4 is 0 Å². The summed E-state index contributed by atoms with van der Waals surface area (Å²) in [7, 11) is 0. The predicted molar refractivity (Wildman–Crippen MR) is 219 cm³/mol. The van der Waals surface area contributed by atoms with Crippen LogP contribution in [0.15, 0.2) is 180 Å². The number of fused-ring (bicyclic) bond motifs is 9. The molecule has 0 saturated carbocycles. The molecular weight excluding hydrogens is 647 g/mol. The fourth-order valence-electron chi connectivity index (χ4n) is 8.00. The predicted octanol–water partition coefficient (Wildman–Crippen LogP) is 13.1. The van der Waals surface area contributed by atoms with Gasteiger partial charge in [0.2, 0.25) is 0 Å². The molecule has 2 heterocycles. The first-order valence-electron chi connectivity index (χ1n) is 17.9. The quantitative estimate of drug-likeness (QED) is 0.174. The van der Waals surface area contributed by atoms with Crippen LogP contribution in [0.3, 0.4) is 0 Å². The molecule has 4 nitrogen and oxygen atoms in total. The van der Waals surface area contributed by atoms with Gasteiger partial charge in [-0.25, -0.2) is 15.0 Å². The Labute approximate surface area is 304 Å². The van der Waals surface area contributed by atoms with Gasteiger partial charge in [0.1, 0.15) is 11.2 Å².